The number of likely N-dealkylation sites (tertiary alicyclic amines) is 1. The summed E-state index contributed by atoms with van der Waals surface area (Å²) < 4.78 is 0. The number of nitrogens with zero attached hydrogens (tertiary/aromatic N) is 2. The molecule has 142 valence electrons. The van der Waals surface area contributed by atoms with Crippen molar-refractivity contribution in [2.24, 2.45) is 5.41 Å². The number of rotatable bonds is 5. The average molecular weight is 369 g/mol. The van der Waals surface area contributed by atoms with Crippen molar-refractivity contribution in [1.29, 1.82) is 0 Å². The van der Waals surface area contributed by atoms with Gasteiger partial charge in [-0.15, -0.1) is 0 Å². The number of aromatic nitrogens is 2. The van der Waals surface area contributed by atoms with Gasteiger partial charge in [0.25, 0.3) is 5.91 Å². The molecule has 1 saturated heterocycles. The van der Waals surface area contributed by atoms with Gasteiger partial charge in [-0.25, -0.2) is 0 Å². The summed E-state index contributed by atoms with van der Waals surface area (Å²) in [5.41, 5.74) is 0.672. The zero-order chi connectivity index (χ0) is 19.0. The Morgan fingerprint density at radius 1 is 1.22 bits per heavy atom. The van der Waals surface area contributed by atoms with Crippen molar-refractivity contribution in [3.05, 3.63) is 53.3 Å². The predicted octanol–water partition coefficient (Wildman–Crippen LogP) is 1.81. The molecule has 27 heavy (non-hydrogen) atoms. The molecule has 2 atom stereocenters. The monoisotopic (exact) mass is 369 g/mol. The largest absolute Gasteiger partial charge is 0.481 e. The Labute approximate surface area is 157 Å². The molecule has 4 rings (SSSR count). The van der Waals surface area contributed by atoms with E-state index in [1.165, 1.54) is 4.90 Å². The molecule has 1 saturated carbocycles. The summed E-state index contributed by atoms with van der Waals surface area (Å²) in [7, 11) is 0. The van der Waals surface area contributed by atoms with E-state index in [0.29, 0.717) is 18.2 Å². The van der Waals surface area contributed by atoms with E-state index in [0.717, 1.165) is 24.1 Å². The SMILES string of the molecule is O=C(c1cc(C2CC2)[nH]n1)N1CC[C@@H](O)[C@](Cc2ccccc2)(C(=O)O)C1. The first-order chi connectivity index (χ1) is 13.0. The minimum Gasteiger partial charge on any atom is -0.481 e. The van der Waals surface area contributed by atoms with Gasteiger partial charge in [-0.1, -0.05) is 30.3 Å². The lowest BCUT2D eigenvalue weighted by atomic mass is 9.72. The first kappa shape index (κ1) is 17.7. The van der Waals surface area contributed by atoms with Gasteiger partial charge in [0.15, 0.2) is 0 Å². The lowest BCUT2D eigenvalue weighted by molar-refractivity contribution is -0.161. The van der Waals surface area contributed by atoms with E-state index in [1.54, 1.807) is 6.07 Å². The lowest BCUT2D eigenvalue weighted by Gasteiger charge is -2.43. The Hall–Kier alpha value is -2.67. The maximum absolute atomic E-state index is 12.9. The number of benzene rings is 1. The smallest absolute Gasteiger partial charge is 0.314 e. The van der Waals surface area contributed by atoms with E-state index >= 15 is 0 Å². The second-order valence-electron chi connectivity index (χ2n) is 7.64. The first-order valence-corrected chi connectivity index (χ1v) is 9.29. The standard InChI is InChI=1S/C20H23N3O4/c24-17-8-9-23(18(25)16-10-15(21-22-16)14-6-7-14)12-20(17,19(26)27)11-13-4-2-1-3-5-13/h1-5,10,14,17,24H,6-9,11-12H2,(H,21,22)(H,26,27)/t17-,20-/m1/s1. The maximum Gasteiger partial charge on any atom is 0.314 e. The van der Waals surface area contributed by atoms with Crippen LogP contribution in [0.15, 0.2) is 36.4 Å². The lowest BCUT2D eigenvalue weighted by Crippen LogP contribution is -2.58. The van der Waals surface area contributed by atoms with Crippen molar-refractivity contribution >= 4 is 11.9 Å². The number of hydrogen-bond acceptors (Lipinski definition) is 4. The van der Waals surface area contributed by atoms with Gasteiger partial charge in [0, 0.05) is 24.7 Å². The summed E-state index contributed by atoms with van der Waals surface area (Å²) >= 11 is 0. The number of amides is 1. The van der Waals surface area contributed by atoms with Crippen LogP contribution in [0.25, 0.3) is 0 Å². The zero-order valence-corrected chi connectivity index (χ0v) is 15.0. The molecule has 2 fully saturated rings. The third-order valence-corrected chi connectivity index (χ3v) is 5.69. The second-order valence-corrected chi connectivity index (χ2v) is 7.64. The summed E-state index contributed by atoms with van der Waals surface area (Å²) in [6, 6.07) is 11.0. The molecule has 3 N–H and O–H groups in total. The van der Waals surface area contributed by atoms with E-state index in [9.17, 15) is 19.8 Å². The van der Waals surface area contributed by atoms with Crippen LogP contribution < -0.4 is 0 Å². The molecule has 0 radical (unpaired) electrons. The number of hydrogen-bond donors (Lipinski definition) is 3. The summed E-state index contributed by atoms with van der Waals surface area (Å²) in [6.07, 6.45) is 1.59. The fraction of sp³-hybridized carbons (Fsp3) is 0.450. The van der Waals surface area contributed by atoms with Gasteiger partial charge >= 0.3 is 5.97 Å². The number of piperidine rings is 1. The fourth-order valence-electron chi connectivity index (χ4n) is 3.88. The summed E-state index contributed by atoms with van der Waals surface area (Å²) in [5.74, 6) is -0.917. The van der Waals surface area contributed by atoms with E-state index < -0.39 is 17.5 Å². The van der Waals surface area contributed by atoms with Crippen LogP contribution in [-0.2, 0) is 11.2 Å². The van der Waals surface area contributed by atoms with Gasteiger partial charge in [-0.05, 0) is 37.3 Å². The first-order valence-electron chi connectivity index (χ1n) is 9.29. The van der Waals surface area contributed by atoms with Crippen LogP contribution in [0.4, 0.5) is 0 Å². The quantitative estimate of drug-likeness (QED) is 0.745. The number of aliphatic carboxylic acids is 1. The number of nitrogens with one attached hydrogen (secondary N) is 1. The number of carboxylic acids is 1. The number of carbonyl (C=O) groups excluding carboxylic acids is 1. The summed E-state index contributed by atoms with van der Waals surface area (Å²) in [5, 5.41) is 27.6. The van der Waals surface area contributed by atoms with Crippen molar-refractivity contribution in [2.45, 2.75) is 37.7 Å². The molecular weight excluding hydrogens is 346 g/mol. The van der Waals surface area contributed by atoms with Gasteiger partial charge in [-0.2, -0.15) is 5.10 Å². The van der Waals surface area contributed by atoms with Crippen LogP contribution in [-0.4, -0.2) is 56.4 Å². The summed E-state index contributed by atoms with van der Waals surface area (Å²) in [4.78, 5) is 26.6. The van der Waals surface area contributed by atoms with Gasteiger partial charge in [0.05, 0.1) is 6.10 Å². The number of H-pyrrole nitrogens is 1. The number of carboxylic acid groups (broad SMARTS) is 1. The number of aliphatic hydroxyl groups is 1. The molecule has 1 aliphatic heterocycles. The van der Waals surface area contributed by atoms with Crippen LogP contribution in [0, 0.1) is 5.41 Å². The van der Waals surface area contributed by atoms with E-state index in [-0.39, 0.29) is 25.3 Å². The predicted molar refractivity (Wildman–Crippen MR) is 97.3 cm³/mol. The van der Waals surface area contributed by atoms with Crippen LogP contribution >= 0.6 is 0 Å². The zero-order valence-electron chi connectivity index (χ0n) is 15.0. The molecule has 2 heterocycles. The normalized spacial score (nSPS) is 25.4. The van der Waals surface area contributed by atoms with Crippen molar-refractivity contribution in [3.8, 4) is 0 Å². The Bertz CT molecular complexity index is 846. The number of aliphatic hydroxyl groups excluding tert-OH is 1. The number of aromatic amines is 1. The molecule has 2 aliphatic rings. The molecule has 1 aromatic carbocycles. The van der Waals surface area contributed by atoms with E-state index in [2.05, 4.69) is 10.2 Å². The highest BCUT2D eigenvalue weighted by Gasteiger charge is 2.50. The van der Waals surface area contributed by atoms with Crippen molar-refractivity contribution in [1.82, 2.24) is 15.1 Å². The summed E-state index contributed by atoms with van der Waals surface area (Å²) in [6.45, 7) is 0.276. The minimum atomic E-state index is -1.43. The Morgan fingerprint density at radius 3 is 2.63 bits per heavy atom. The molecule has 7 heteroatoms. The van der Waals surface area contributed by atoms with Crippen molar-refractivity contribution in [3.63, 3.8) is 0 Å². The molecule has 2 aromatic rings. The van der Waals surface area contributed by atoms with Gasteiger partial charge in [0.2, 0.25) is 0 Å². The van der Waals surface area contributed by atoms with Crippen LogP contribution in [0.3, 0.4) is 0 Å². The van der Waals surface area contributed by atoms with Crippen LogP contribution in [0.1, 0.15) is 46.9 Å². The molecule has 7 nitrogen and oxygen atoms in total. The van der Waals surface area contributed by atoms with Crippen LogP contribution in [0.2, 0.25) is 0 Å². The van der Waals surface area contributed by atoms with Crippen molar-refractivity contribution < 1.29 is 19.8 Å². The Kier molecular flexibility index (Phi) is 4.47. The third kappa shape index (κ3) is 3.35. The highest BCUT2D eigenvalue weighted by molar-refractivity contribution is 5.93. The Morgan fingerprint density at radius 2 is 1.96 bits per heavy atom. The molecule has 1 aromatic heterocycles. The molecule has 1 aliphatic carbocycles. The van der Waals surface area contributed by atoms with Crippen molar-refractivity contribution in [2.75, 3.05) is 13.1 Å². The Balaban J connectivity index is 1.57. The van der Waals surface area contributed by atoms with Crippen LogP contribution in [0.5, 0.6) is 0 Å². The fourth-order valence-corrected chi connectivity index (χ4v) is 3.88. The van der Waals surface area contributed by atoms with Gasteiger partial charge < -0.3 is 15.1 Å². The highest BCUT2D eigenvalue weighted by atomic mass is 16.4. The van der Waals surface area contributed by atoms with E-state index in [4.69, 9.17) is 0 Å². The third-order valence-electron chi connectivity index (χ3n) is 5.69. The second kappa shape index (κ2) is 6.81. The molecule has 0 spiro atoms. The van der Waals surface area contributed by atoms with Gasteiger partial charge in [-0.3, -0.25) is 14.7 Å². The molecular formula is C20H23N3O4. The molecule has 0 bridgehead atoms. The van der Waals surface area contributed by atoms with E-state index in [1.807, 2.05) is 30.3 Å². The highest BCUT2D eigenvalue weighted by Crippen LogP contribution is 2.39. The topological polar surface area (TPSA) is 107 Å². The maximum atomic E-state index is 12.9. The molecule has 0 unspecified atom stereocenters. The molecule has 1 amide bonds. The van der Waals surface area contributed by atoms with Gasteiger partial charge in [0.1, 0.15) is 11.1 Å². The average Bonchev–Trinajstić information content (AvgIpc) is 3.40. The number of carbonyl (C=O) groups is 2. The minimum absolute atomic E-state index is 0.0388.